The minimum Gasteiger partial charge on any atom is -0.678 e. The van der Waals surface area contributed by atoms with Crippen molar-refractivity contribution < 1.29 is 15.0 Å². The molecule has 5 N–H and O–H groups in total. The van der Waals surface area contributed by atoms with Crippen molar-refractivity contribution in [3.63, 3.8) is 0 Å². The number of hydrogen-bond acceptors (Lipinski definition) is 3. The van der Waals surface area contributed by atoms with E-state index in [2.05, 4.69) is 0 Å². The molecule has 0 unspecified atom stereocenters. The average Bonchev–Trinajstić information content (AvgIpc) is 1.87. The number of halogens is 1. The molecular formula is C6H16ClN2O3-. The van der Waals surface area contributed by atoms with E-state index in [0.717, 1.165) is 0 Å². The molecule has 0 spiro atoms. The maximum Gasteiger partial charge on any atom is 0.323 e. The number of aliphatic hydroxyl groups is 1. The van der Waals surface area contributed by atoms with Crippen molar-refractivity contribution in [3.8, 4) is 0 Å². The van der Waals surface area contributed by atoms with E-state index in [0.29, 0.717) is 6.54 Å². The fraction of sp³-hybridized carbons (Fsp3) is 0.833. The minimum atomic E-state index is -1.18. The first-order chi connectivity index (χ1) is 4.97. The highest BCUT2D eigenvalue weighted by Crippen LogP contribution is 1.85. The van der Waals surface area contributed by atoms with Crippen LogP contribution in [0.4, 0.5) is 0 Å². The van der Waals surface area contributed by atoms with Gasteiger partial charge in [0.25, 0.3) is 0 Å². The second kappa shape index (κ2) is 10.6. The van der Waals surface area contributed by atoms with Crippen molar-refractivity contribution in [1.82, 2.24) is 0 Å². The number of hydrogen-bond donors (Lipinski definition) is 3. The summed E-state index contributed by atoms with van der Waals surface area (Å²) < 4.78 is 0. The third-order valence-corrected chi connectivity index (χ3v) is 0.805. The van der Waals surface area contributed by atoms with Crippen LogP contribution in [0.3, 0.4) is 0 Å². The van der Waals surface area contributed by atoms with Gasteiger partial charge in [0, 0.05) is 0 Å². The molecule has 0 heterocycles. The molecule has 5 nitrogen and oxygen atoms in total. The molecule has 0 aliphatic carbocycles. The van der Waals surface area contributed by atoms with Gasteiger partial charge < -0.3 is 21.7 Å². The van der Waals surface area contributed by atoms with Crippen LogP contribution in [-0.4, -0.2) is 34.9 Å². The molecule has 0 aromatic heterocycles. The summed E-state index contributed by atoms with van der Waals surface area (Å²) in [6.45, 7) is 3.62. The minimum absolute atomic E-state index is 0. The topological polar surface area (TPSA) is 107 Å². The molecule has 12 heavy (non-hydrogen) atoms. The van der Waals surface area contributed by atoms with Crippen LogP contribution in [0, 0.1) is 0 Å². The molecule has 0 aromatic carbocycles. The van der Waals surface area contributed by atoms with Crippen molar-refractivity contribution in [1.29, 1.82) is 0 Å². The normalized spacial score (nSPS) is 13.1. The first-order valence-electron chi connectivity index (χ1n) is 3.28. The van der Waals surface area contributed by atoms with Gasteiger partial charge in [0.15, 0.2) is 0 Å². The summed E-state index contributed by atoms with van der Waals surface area (Å²) in [4.78, 5) is 9.86. The molecule has 0 aromatic rings. The van der Waals surface area contributed by atoms with E-state index in [9.17, 15) is 4.79 Å². The van der Waals surface area contributed by atoms with E-state index in [4.69, 9.17) is 21.7 Å². The standard InChI is InChI=1S/C4H9NO3.C2H6N.ClH/c1-2(6)3(5)4(7)8;1-2-3;/h2-3,6H,5H2,1H3,(H,7,8);3H,2H2,1H3;1H/q;-1;/t2-,3+;;/m1../s1. The smallest absolute Gasteiger partial charge is 0.323 e. The van der Waals surface area contributed by atoms with Crippen LogP contribution < -0.4 is 5.73 Å². The van der Waals surface area contributed by atoms with Crippen LogP contribution in [0.15, 0.2) is 0 Å². The third kappa shape index (κ3) is 12.3. The van der Waals surface area contributed by atoms with Gasteiger partial charge in [0.1, 0.15) is 6.04 Å². The van der Waals surface area contributed by atoms with Crippen LogP contribution >= 0.6 is 12.4 Å². The number of carbonyl (C=O) groups is 1. The van der Waals surface area contributed by atoms with Crippen LogP contribution in [0.25, 0.3) is 5.73 Å². The lowest BCUT2D eigenvalue weighted by Gasteiger charge is -2.06. The lowest BCUT2D eigenvalue weighted by molar-refractivity contribution is -0.140. The fourth-order valence-electron chi connectivity index (χ4n) is 0.206. The largest absolute Gasteiger partial charge is 0.678 e. The predicted molar refractivity (Wildman–Crippen MR) is 49.4 cm³/mol. The molecule has 0 amide bonds. The Bertz CT molecular complexity index is 111. The molecule has 0 saturated heterocycles. The van der Waals surface area contributed by atoms with Crippen molar-refractivity contribution in [2.45, 2.75) is 26.0 Å². The van der Waals surface area contributed by atoms with Gasteiger partial charge in [-0.25, -0.2) is 0 Å². The molecule has 0 fully saturated rings. The zero-order valence-electron chi connectivity index (χ0n) is 7.15. The Hall–Kier alpha value is -0.360. The van der Waals surface area contributed by atoms with E-state index in [1.54, 1.807) is 6.92 Å². The molecule has 0 radical (unpaired) electrons. The number of rotatable bonds is 2. The molecule has 0 rings (SSSR count). The first-order valence-corrected chi connectivity index (χ1v) is 3.28. The molecule has 0 aliphatic heterocycles. The molecule has 76 valence electrons. The molecule has 2 atom stereocenters. The highest BCUT2D eigenvalue weighted by atomic mass is 35.5. The molecule has 0 saturated carbocycles. The van der Waals surface area contributed by atoms with Gasteiger partial charge in [0.05, 0.1) is 6.10 Å². The Morgan fingerprint density at radius 3 is 1.92 bits per heavy atom. The maximum absolute atomic E-state index is 9.86. The van der Waals surface area contributed by atoms with Gasteiger partial charge in [-0.05, 0) is 6.92 Å². The van der Waals surface area contributed by atoms with Gasteiger partial charge in [-0.3, -0.25) is 4.79 Å². The number of carboxylic acid groups (broad SMARTS) is 1. The van der Waals surface area contributed by atoms with E-state index in [-0.39, 0.29) is 12.4 Å². The van der Waals surface area contributed by atoms with Crippen LogP contribution in [-0.2, 0) is 4.79 Å². The van der Waals surface area contributed by atoms with Gasteiger partial charge in [-0.2, -0.15) is 6.54 Å². The van der Waals surface area contributed by atoms with Crippen LogP contribution in [0.5, 0.6) is 0 Å². The van der Waals surface area contributed by atoms with Crippen molar-refractivity contribution >= 4 is 18.4 Å². The quantitative estimate of drug-likeness (QED) is 0.593. The highest BCUT2D eigenvalue weighted by Gasteiger charge is 2.16. The molecule has 6 heteroatoms. The fourth-order valence-corrected chi connectivity index (χ4v) is 0.206. The Morgan fingerprint density at radius 1 is 1.67 bits per heavy atom. The maximum atomic E-state index is 9.86. The second-order valence-electron chi connectivity index (χ2n) is 1.96. The van der Waals surface area contributed by atoms with Gasteiger partial charge in [0.2, 0.25) is 0 Å². The van der Waals surface area contributed by atoms with Crippen LogP contribution in [0.1, 0.15) is 13.8 Å². The third-order valence-electron chi connectivity index (χ3n) is 0.805. The average molecular weight is 200 g/mol. The summed E-state index contributed by atoms with van der Waals surface area (Å²) in [5, 5.41) is 16.6. The number of carboxylic acids is 1. The van der Waals surface area contributed by atoms with Crippen molar-refractivity contribution in [2.75, 3.05) is 6.54 Å². The van der Waals surface area contributed by atoms with E-state index in [1.807, 2.05) is 0 Å². The number of aliphatic carboxylic acids is 1. The molecule has 0 bridgehead atoms. The summed E-state index contributed by atoms with van der Waals surface area (Å²) >= 11 is 0. The molecule has 0 aliphatic rings. The van der Waals surface area contributed by atoms with Crippen LogP contribution in [0.2, 0.25) is 0 Å². The molecular weight excluding hydrogens is 184 g/mol. The Morgan fingerprint density at radius 2 is 1.92 bits per heavy atom. The second-order valence-corrected chi connectivity index (χ2v) is 1.96. The Kier molecular flexibility index (Phi) is 15.7. The number of aliphatic hydroxyl groups excluding tert-OH is 1. The van der Waals surface area contributed by atoms with E-state index >= 15 is 0 Å². The van der Waals surface area contributed by atoms with E-state index < -0.39 is 18.1 Å². The summed E-state index contributed by atoms with van der Waals surface area (Å²) in [6, 6.07) is -1.16. The monoisotopic (exact) mass is 199 g/mol. The van der Waals surface area contributed by atoms with E-state index in [1.165, 1.54) is 6.92 Å². The summed E-state index contributed by atoms with van der Waals surface area (Å²) in [5.74, 6) is -1.18. The predicted octanol–water partition coefficient (Wildman–Crippen LogP) is 0.259. The highest BCUT2D eigenvalue weighted by molar-refractivity contribution is 5.85. The lowest BCUT2D eigenvalue weighted by atomic mass is 10.2. The lowest BCUT2D eigenvalue weighted by Crippen LogP contribution is -2.39. The Labute approximate surface area is 78.2 Å². The first kappa shape index (κ1) is 17.7. The number of nitrogens with one attached hydrogen (secondary N) is 1. The van der Waals surface area contributed by atoms with Crippen molar-refractivity contribution in [2.24, 2.45) is 5.73 Å². The van der Waals surface area contributed by atoms with Gasteiger partial charge in [-0.15, -0.1) is 12.4 Å². The van der Waals surface area contributed by atoms with Gasteiger partial charge in [-0.1, -0.05) is 6.92 Å². The Balaban J connectivity index is -0.000000177. The zero-order chi connectivity index (χ0) is 9.44. The van der Waals surface area contributed by atoms with Crippen molar-refractivity contribution in [3.05, 3.63) is 5.73 Å². The summed E-state index contributed by atoms with van der Waals surface area (Å²) in [6.07, 6.45) is -0.979. The summed E-state index contributed by atoms with van der Waals surface area (Å²) in [7, 11) is 0. The zero-order valence-corrected chi connectivity index (χ0v) is 7.97. The SMILES string of the molecule is CC[NH-].C[C@@H](O)[C@H](N)C(=O)O.Cl. The summed E-state index contributed by atoms with van der Waals surface area (Å²) in [5.41, 5.74) is 11.1. The van der Waals surface area contributed by atoms with Gasteiger partial charge >= 0.3 is 5.97 Å². The number of nitrogens with two attached hydrogens (primary N) is 1.